The zero-order valence-corrected chi connectivity index (χ0v) is 18.0. The molecule has 1 saturated carbocycles. The summed E-state index contributed by atoms with van der Waals surface area (Å²) < 4.78 is 0. The van der Waals surface area contributed by atoms with E-state index in [1.165, 1.54) is 32.2 Å². The first-order chi connectivity index (χ1) is 15.1. The molecule has 7 heteroatoms. The highest BCUT2D eigenvalue weighted by Crippen LogP contribution is 2.37. The number of imide groups is 1. The minimum atomic E-state index is -0.557. The van der Waals surface area contributed by atoms with Gasteiger partial charge in [0.05, 0.1) is 0 Å². The topological polar surface area (TPSA) is 90.5 Å². The van der Waals surface area contributed by atoms with Gasteiger partial charge in [-0.05, 0) is 86.7 Å². The van der Waals surface area contributed by atoms with E-state index in [1.807, 2.05) is 12.1 Å². The van der Waals surface area contributed by atoms with E-state index in [9.17, 15) is 14.4 Å². The van der Waals surface area contributed by atoms with Gasteiger partial charge in [-0.15, -0.1) is 0 Å². The number of nitrogens with zero attached hydrogens (tertiary/aromatic N) is 1. The van der Waals surface area contributed by atoms with Crippen molar-refractivity contribution in [3.63, 3.8) is 0 Å². The van der Waals surface area contributed by atoms with Crippen LogP contribution in [0.25, 0.3) is 0 Å². The molecule has 1 aromatic rings. The van der Waals surface area contributed by atoms with Gasteiger partial charge in [0, 0.05) is 25.1 Å². The fraction of sp³-hybridized carbons (Fsp3) is 0.625. The Hall–Kier alpha value is -2.25. The first-order valence-corrected chi connectivity index (χ1v) is 11.8. The molecule has 166 valence electrons. The van der Waals surface area contributed by atoms with Crippen LogP contribution in [0.15, 0.2) is 18.2 Å². The van der Waals surface area contributed by atoms with Crippen molar-refractivity contribution in [1.82, 2.24) is 20.9 Å². The Bertz CT molecular complexity index is 886. The molecule has 3 N–H and O–H groups in total. The molecule has 0 spiro atoms. The van der Waals surface area contributed by atoms with E-state index >= 15 is 0 Å². The van der Waals surface area contributed by atoms with Gasteiger partial charge in [0.15, 0.2) is 0 Å². The van der Waals surface area contributed by atoms with Gasteiger partial charge in [0.2, 0.25) is 11.8 Å². The third-order valence-corrected chi connectivity index (χ3v) is 7.77. The Balaban J connectivity index is 1.20. The maximum atomic E-state index is 13.0. The molecule has 4 aliphatic rings. The summed E-state index contributed by atoms with van der Waals surface area (Å²) in [6.45, 7) is 4.56. The summed E-state index contributed by atoms with van der Waals surface area (Å²) in [7, 11) is 0. The lowest BCUT2D eigenvalue weighted by atomic mass is 9.71. The molecule has 4 atom stereocenters. The molecule has 3 heterocycles. The highest BCUT2D eigenvalue weighted by molar-refractivity contribution is 6.05. The Morgan fingerprint density at radius 3 is 2.84 bits per heavy atom. The molecule has 0 radical (unpaired) electrons. The minimum absolute atomic E-state index is 0.101. The van der Waals surface area contributed by atoms with Crippen LogP contribution in [0.5, 0.6) is 0 Å². The molecule has 3 amide bonds. The molecular weight excluding hydrogens is 392 g/mol. The molecule has 3 fully saturated rings. The van der Waals surface area contributed by atoms with Crippen molar-refractivity contribution in [1.29, 1.82) is 0 Å². The summed E-state index contributed by atoms with van der Waals surface area (Å²) in [5.74, 6) is 1.77. The number of hydrogen-bond acceptors (Lipinski definition) is 5. The van der Waals surface area contributed by atoms with Gasteiger partial charge in [-0.2, -0.15) is 0 Å². The van der Waals surface area contributed by atoms with Crippen LogP contribution in [0.1, 0.15) is 60.0 Å². The number of fused-ring (bicyclic) bond motifs is 2. The lowest BCUT2D eigenvalue weighted by Crippen LogP contribution is -2.52. The fourth-order valence-corrected chi connectivity index (χ4v) is 6.03. The second-order valence-corrected chi connectivity index (χ2v) is 9.67. The lowest BCUT2D eigenvalue weighted by Gasteiger charge is -2.39. The highest BCUT2D eigenvalue weighted by atomic mass is 16.2. The maximum absolute atomic E-state index is 13.0. The molecule has 2 saturated heterocycles. The van der Waals surface area contributed by atoms with Gasteiger partial charge >= 0.3 is 0 Å². The smallest absolute Gasteiger partial charge is 0.255 e. The second kappa shape index (κ2) is 8.71. The minimum Gasteiger partial charge on any atom is -0.322 e. The van der Waals surface area contributed by atoms with E-state index < -0.39 is 6.04 Å². The standard InChI is InChI=1S/C24H32N4O3/c29-22-7-6-21(23(30)27-22)28-14-20-18(2-1-3-19(20)24(28)31)13-26-11-15-4-5-17-12-25-9-8-16(17)10-15/h1-3,15-17,21,25-26H,4-14H2,(H,27,29,30). The van der Waals surface area contributed by atoms with Gasteiger partial charge in [-0.1, -0.05) is 12.1 Å². The van der Waals surface area contributed by atoms with Crippen LogP contribution in [-0.4, -0.2) is 48.3 Å². The zero-order valence-electron chi connectivity index (χ0n) is 18.0. The van der Waals surface area contributed by atoms with Crippen molar-refractivity contribution in [2.45, 2.75) is 57.7 Å². The largest absolute Gasteiger partial charge is 0.322 e. The summed E-state index contributed by atoms with van der Waals surface area (Å²) in [4.78, 5) is 38.3. The third-order valence-electron chi connectivity index (χ3n) is 7.77. The average molecular weight is 425 g/mol. The molecule has 31 heavy (non-hydrogen) atoms. The molecule has 1 aromatic carbocycles. The van der Waals surface area contributed by atoms with Gasteiger partial charge in [-0.25, -0.2) is 0 Å². The number of piperidine rings is 2. The zero-order chi connectivity index (χ0) is 21.4. The Kier molecular flexibility index (Phi) is 5.80. The van der Waals surface area contributed by atoms with E-state index in [4.69, 9.17) is 0 Å². The van der Waals surface area contributed by atoms with E-state index in [0.29, 0.717) is 18.5 Å². The molecule has 3 aliphatic heterocycles. The number of hydrogen-bond donors (Lipinski definition) is 3. The first-order valence-electron chi connectivity index (χ1n) is 11.8. The van der Waals surface area contributed by atoms with E-state index in [0.717, 1.165) is 48.5 Å². The summed E-state index contributed by atoms with van der Waals surface area (Å²) in [6.07, 6.45) is 5.95. The fourth-order valence-electron chi connectivity index (χ4n) is 6.03. The van der Waals surface area contributed by atoms with Gasteiger partial charge in [0.1, 0.15) is 6.04 Å². The summed E-state index contributed by atoms with van der Waals surface area (Å²) >= 11 is 0. The monoisotopic (exact) mass is 424 g/mol. The summed E-state index contributed by atoms with van der Waals surface area (Å²) in [5.41, 5.74) is 2.85. The Morgan fingerprint density at radius 2 is 1.97 bits per heavy atom. The molecule has 4 unspecified atom stereocenters. The van der Waals surface area contributed by atoms with Crippen molar-refractivity contribution < 1.29 is 14.4 Å². The van der Waals surface area contributed by atoms with Crippen molar-refractivity contribution in [2.24, 2.45) is 17.8 Å². The number of carbonyl (C=O) groups excluding carboxylic acids is 3. The average Bonchev–Trinajstić information content (AvgIpc) is 3.11. The van der Waals surface area contributed by atoms with E-state index in [1.54, 1.807) is 4.90 Å². The molecule has 0 aromatic heterocycles. The van der Waals surface area contributed by atoms with Crippen LogP contribution >= 0.6 is 0 Å². The molecule has 1 aliphatic carbocycles. The van der Waals surface area contributed by atoms with Gasteiger partial charge in [-0.3, -0.25) is 19.7 Å². The van der Waals surface area contributed by atoms with Gasteiger partial charge in [0.25, 0.3) is 5.91 Å². The van der Waals surface area contributed by atoms with Crippen molar-refractivity contribution >= 4 is 17.7 Å². The van der Waals surface area contributed by atoms with Gasteiger partial charge < -0.3 is 15.5 Å². The maximum Gasteiger partial charge on any atom is 0.255 e. The normalized spacial score (nSPS) is 30.7. The first kappa shape index (κ1) is 20.6. The van der Waals surface area contributed by atoms with Crippen molar-refractivity contribution in [3.8, 4) is 0 Å². The third kappa shape index (κ3) is 4.13. The molecule has 5 rings (SSSR count). The van der Waals surface area contributed by atoms with Crippen molar-refractivity contribution in [2.75, 3.05) is 19.6 Å². The van der Waals surface area contributed by atoms with E-state index in [-0.39, 0.29) is 24.1 Å². The van der Waals surface area contributed by atoms with Crippen LogP contribution < -0.4 is 16.0 Å². The summed E-state index contributed by atoms with van der Waals surface area (Å²) in [5, 5.41) is 9.56. The number of amides is 3. The molecule has 7 nitrogen and oxygen atoms in total. The number of nitrogens with one attached hydrogen (secondary N) is 3. The summed E-state index contributed by atoms with van der Waals surface area (Å²) in [6, 6.07) is 5.31. The predicted molar refractivity (Wildman–Crippen MR) is 116 cm³/mol. The highest BCUT2D eigenvalue weighted by Gasteiger charge is 2.39. The van der Waals surface area contributed by atoms with Crippen LogP contribution in [0.4, 0.5) is 0 Å². The van der Waals surface area contributed by atoms with Crippen molar-refractivity contribution in [3.05, 3.63) is 34.9 Å². The van der Waals surface area contributed by atoms with E-state index in [2.05, 4.69) is 22.0 Å². The predicted octanol–water partition coefficient (Wildman–Crippen LogP) is 1.56. The Labute approximate surface area is 183 Å². The molecule has 0 bridgehead atoms. The Morgan fingerprint density at radius 1 is 1.06 bits per heavy atom. The lowest BCUT2D eigenvalue weighted by molar-refractivity contribution is -0.136. The van der Waals surface area contributed by atoms with Crippen LogP contribution in [-0.2, 0) is 22.7 Å². The SMILES string of the molecule is O=C1CCC(N2Cc3c(CNCC4CCC5CNCCC5C4)cccc3C2=O)C(=O)N1. The number of benzene rings is 1. The number of rotatable bonds is 5. The molecular formula is C24H32N4O3. The van der Waals surface area contributed by atoms with Crippen LogP contribution in [0, 0.1) is 17.8 Å². The second-order valence-electron chi connectivity index (χ2n) is 9.67. The quantitative estimate of drug-likeness (QED) is 0.624. The number of carbonyl (C=O) groups is 3. The van der Waals surface area contributed by atoms with Crippen LogP contribution in [0.3, 0.4) is 0 Å². The van der Waals surface area contributed by atoms with Crippen LogP contribution in [0.2, 0.25) is 0 Å².